The second-order valence-electron chi connectivity index (χ2n) is 6.56. The fourth-order valence-electron chi connectivity index (χ4n) is 2.60. The van der Waals surface area contributed by atoms with Gasteiger partial charge in [0, 0.05) is 31.2 Å². The summed E-state index contributed by atoms with van der Waals surface area (Å²) < 4.78 is 0. The molecule has 2 aromatic rings. The minimum absolute atomic E-state index is 0.298. The molecule has 2 aromatic carbocycles. The van der Waals surface area contributed by atoms with Gasteiger partial charge < -0.3 is 15.5 Å². The summed E-state index contributed by atoms with van der Waals surface area (Å²) in [7, 11) is 3.89. The molecule has 0 spiro atoms. The largest absolute Gasteiger partial charge is 0.378 e. The minimum Gasteiger partial charge on any atom is -0.378 e. The van der Waals surface area contributed by atoms with Gasteiger partial charge in [0.2, 0.25) is 11.8 Å². The third kappa shape index (κ3) is 3.79. The van der Waals surface area contributed by atoms with Crippen LogP contribution >= 0.6 is 23.2 Å². The highest BCUT2D eigenvalue weighted by molar-refractivity contribution is 6.42. The van der Waals surface area contributed by atoms with E-state index in [1.54, 1.807) is 18.2 Å². The van der Waals surface area contributed by atoms with Crippen LogP contribution in [-0.2, 0) is 9.59 Å². The zero-order valence-corrected chi connectivity index (χ0v) is 16.0. The van der Waals surface area contributed by atoms with Gasteiger partial charge in [-0.3, -0.25) is 9.59 Å². The summed E-state index contributed by atoms with van der Waals surface area (Å²) in [5.41, 5.74) is 1.17. The number of benzene rings is 2. The van der Waals surface area contributed by atoms with Gasteiger partial charge in [-0.05, 0) is 55.3 Å². The van der Waals surface area contributed by atoms with E-state index in [1.165, 1.54) is 0 Å². The van der Waals surface area contributed by atoms with Crippen LogP contribution in [0.4, 0.5) is 17.1 Å². The molecule has 7 heteroatoms. The van der Waals surface area contributed by atoms with Crippen molar-refractivity contribution in [3.8, 4) is 0 Å². The lowest BCUT2D eigenvalue weighted by atomic mass is 10.0. The number of carbonyl (C=O) groups is 2. The molecule has 0 bridgehead atoms. The smallest absolute Gasteiger partial charge is 0.240 e. The van der Waals surface area contributed by atoms with Gasteiger partial charge in [-0.15, -0.1) is 0 Å². The Labute approximate surface area is 162 Å². The fourth-order valence-corrected chi connectivity index (χ4v) is 2.90. The average molecular weight is 392 g/mol. The van der Waals surface area contributed by atoms with E-state index in [0.29, 0.717) is 34.3 Å². The second kappa shape index (κ2) is 7.17. The highest BCUT2D eigenvalue weighted by Gasteiger charge is 2.56. The molecule has 26 heavy (non-hydrogen) atoms. The lowest BCUT2D eigenvalue weighted by Gasteiger charge is -2.17. The highest BCUT2D eigenvalue weighted by Crippen LogP contribution is 2.47. The Balaban J connectivity index is 1.68. The number of rotatable bonds is 5. The van der Waals surface area contributed by atoms with E-state index in [-0.39, 0.29) is 11.8 Å². The molecule has 136 valence electrons. The number of hydrogen-bond acceptors (Lipinski definition) is 3. The van der Waals surface area contributed by atoms with E-state index in [0.717, 1.165) is 5.69 Å². The van der Waals surface area contributed by atoms with Crippen LogP contribution in [0.3, 0.4) is 0 Å². The maximum atomic E-state index is 12.6. The van der Waals surface area contributed by atoms with Crippen LogP contribution < -0.4 is 15.5 Å². The number of halogens is 2. The van der Waals surface area contributed by atoms with Gasteiger partial charge in [-0.2, -0.15) is 0 Å². The number of nitrogens with zero attached hydrogens (tertiary/aromatic N) is 1. The fraction of sp³-hybridized carbons (Fsp3) is 0.263. The first-order valence-corrected chi connectivity index (χ1v) is 8.93. The Morgan fingerprint density at radius 2 is 1.42 bits per heavy atom. The lowest BCUT2D eigenvalue weighted by molar-refractivity contribution is -0.131. The summed E-state index contributed by atoms with van der Waals surface area (Å²) >= 11 is 11.8. The summed E-state index contributed by atoms with van der Waals surface area (Å²) in [6, 6.07) is 12.3. The van der Waals surface area contributed by atoms with Gasteiger partial charge in [0.05, 0.1) is 10.0 Å². The lowest BCUT2D eigenvalue weighted by Crippen LogP contribution is -2.35. The van der Waals surface area contributed by atoms with E-state index in [1.807, 2.05) is 43.3 Å². The first-order chi connectivity index (χ1) is 12.3. The molecule has 2 amide bonds. The molecule has 0 unspecified atom stereocenters. The van der Waals surface area contributed by atoms with Gasteiger partial charge in [-0.1, -0.05) is 23.2 Å². The minimum atomic E-state index is -1.04. The zero-order chi connectivity index (χ0) is 18.9. The molecule has 0 saturated heterocycles. The Morgan fingerprint density at radius 1 is 0.885 bits per heavy atom. The predicted octanol–water partition coefficient (Wildman–Crippen LogP) is 4.42. The molecular formula is C19H19Cl2N3O2. The Bertz CT molecular complexity index is 846. The first-order valence-electron chi connectivity index (χ1n) is 8.17. The molecule has 0 aliphatic heterocycles. The molecule has 0 aromatic heterocycles. The monoisotopic (exact) mass is 391 g/mol. The van der Waals surface area contributed by atoms with E-state index in [4.69, 9.17) is 23.2 Å². The van der Waals surface area contributed by atoms with Crippen molar-refractivity contribution in [3.05, 3.63) is 52.5 Å². The topological polar surface area (TPSA) is 61.4 Å². The molecule has 0 atom stereocenters. The van der Waals surface area contributed by atoms with Gasteiger partial charge in [0.25, 0.3) is 0 Å². The zero-order valence-electron chi connectivity index (χ0n) is 14.5. The standard InChI is InChI=1S/C19H19Cl2N3O2/c1-24(2)14-6-3-12(4-7-14)22-17(25)19(9-10-19)18(26)23-13-5-8-15(20)16(21)11-13/h3-8,11H,9-10H2,1-2H3,(H,22,25)(H,23,26). The van der Waals surface area contributed by atoms with Crippen LogP contribution in [0.15, 0.2) is 42.5 Å². The average Bonchev–Trinajstić information content (AvgIpc) is 3.40. The number of hydrogen-bond donors (Lipinski definition) is 2. The predicted molar refractivity (Wildman–Crippen MR) is 106 cm³/mol. The van der Waals surface area contributed by atoms with Crippen molar-refractivity contribution in [2.24, 2.45) is 5.41 Å². The third-order valence-electron chi connectivity index (χ3n) is 4.44. The summed E-state index contributed by atoms with van der Waals surface area (Å²) in [5.74, 6) is -0.633. The summed E-state index contributed by atoms with van der Waals surface area (Å²) in [4.78, 5) is 27.2. The summed E-state index contributed by atoms with van der Waals surface area (Å²) in [5, 5.41) is 6.34. The summed E-state index contributed by atoms with van der Waals surface area (Å²) in [6.45, 7) is 0. The molecular weight excluding hydrogens is 373 g/mol. The molecule has 2 N–H and O–H groups in total. The summed E-state index contributed by atoms with van der Waals surface area (Å²) in [6.07, 6.45) is 1.03. The van der Waals surface area contributed by atoms with Crippen molar-refractivity contribution in [2.45, 2.75) is 12.8 Å². The molecule has 1 aliphatic rings. The van der Waals surface area contributed by atoms with Gasteiger partial charge in [-0.25, -0.2) is 0 Å². The Hall–Kier alpha value is -2.24. The highest BCUT2D eigenvalue weighted by atomic mass is 35.5. The van der Waals surface area contributed by atoms with E-state index >= 15 is 0 Å². The number of anilines is 3. The molecule has 0 heterocycles. The number of nitrogens with one attached hydrogen (secondary N) is 2. The van der Waals surface area contributed by atoms with Crippen molar-refractivity contribution < 1.29 is 9.59 Å². The van der Waals surface area contributed by atoms with Crippen molar-refractivity contribution in [1.82, 2.24) is 0 Å². The van der Waals surface area contributed by atoms with Gasteiger partial charge in [0.1, 0.15) is 5.41 Å². The van der Waals surface area contributed by atoms with Gasteiger partial charge in [0.15, 0.2) is 0 Å². The van der Waals surface area contributed by atoms with E-state index in [9.17, 15) is 9.59 Å². The Morgan fingerprint density at radius 3 is 1.92 bits per heavy atom. The maximum Gasteiger partial charge on any atom is 0.240 e. The number of amides is 2. The number of carbonyl (C=O) groups excluding carboxylic acids is 2. The van der Waals surface area contributed by atoms with Crippen LogP contribution in [0.2, 0.25) is 10.0 Å². The van der Waals surface area contributed by atoms with Crippen molar-refractivity contribution in [3.63, 3.8) is 0 Å². The van der Waals surface area contributed by atoms with Crippen LogP contribution in [0.1, 0.15) is 12.8 Å². The third-order valence-corrected chi connectivity index (χ3v) is 5.18. The molecule has 0 radical (unpaired) electrons. The van der Waals surface area contributed by atoms with Crippen LogP contribution in [0.5, 0.6) is 0 Å². The molecule has 1 fully saturated rings. The van der Waals surface area contributed by atoms with E-state index in [2.05, 4.69) is 10.6 Å². The Kier molecular flexibility index (Phi) is 5.12. The second-order valence-corrected chi connectivity index (χ2v) is 7.37. The molecule has 5 nitrogen and oxygen atoms in total. The normalized spacial score (nSPS) is 14.5. The van der Waals surface area contributed by atoms with Crippen LogP contribution in [0.25, 0.3) is 0 Å². The molecule has 1 aliphatic carbocycles. The first kappa shape index (κ1) is 18.5. The van der Waals surface area contributed by atoms with Crippen molar-refractivity contribution in [1.29, 1.82) is 0 Å². The quantitative estimate of drug-likeness (QED) is 0.741. The van der Waals surface area contributed by atoms with Crippen molar-refractivity contribution in [2.75, 3.05) is 29.6 Å². The molecule has 3 rings (SSSR count). The van der Waals surface area contributed by atoms with E-state index < -0.39 is 5.41 Å². The SMILES string of the molecule is CN(C)c1ccc(NC(=O)C2(C(=O)Nc3ccc(Cl)c(Cl)c3)CC2)cc1. The van der Waals surface area contributed by atoms with Crippen LogP contribution in [-0.4, -0.2) is 25.9 Å². The maximum absolute atomic E-state index is 12.6. The molecule has 1 saturated carbocycles. The van der Waals surface area contributed by atoms with Crippen LogP contribution in [0, 0.1) is 5.41 Å². The van der Waals surface area contributed by atoms with Crippen molar-refractivity contribution >= 4 is 52.1 Å². The van der Waals surface area contributed by atoms with Gasteiger partial charge >= 0.3 is 0 Å².